The zero-order valence-corrected chi connectivity index (χ0v) is 29.3. The maximum atomic E-state index is 7.58. The Kier molecular flexibility index (Phi) is 8.71. The van der Waals surface area contributed by atoms with Crippen LogP contribution in [0.1, 0.15) is 95.7 Å². The van der Waals surface area contributed by atoms with E-state index < -0.39 is 14.8 Å². The van der Waals surface area contributed by atoms with Crippen LogP contribution in [0, 0.1) is 20.8 Å². The molecule has 0 aliphatic rings. The van der Waals surface area contributed by atoms with Crippen molar-refractivity contribution in [1.82, 2.24) is 0 Å². The molecule has 0 atom stereocenters. The first-order chi connectivity index (χ1) is 17.6. The zero-order chi connectivity index (χ0) is 29.6. The van der Waals surface area contributed by atoms with Crippen molar-refractivity contribution in [3.05, 3.63) is 88.0 Å². The van der Waals surface area contributed by atoms with E-state index in [1.54, 1.807) is 0 Å². The summed E-state index contributed by atoms with van der Waals surface area (Å²) in [6.45, 7) is 25.2. The summed E-state index contributed by atoms with van der Waals surface area (Å²) in [4.78, 5) is 0. The van der Waals surface area contributed by atoms with Gasteiger partial charge in [0.2, 0.25) is 0 Å². The van der Waals surface area contributed by atoms with Crippen molar-refractivity contribution in [2.45, 2.75) is 99.3 Å². The van der Waals surface area contributed by atoms with E-state index in [0.717, 1.165) is 33.4 Å². The number of para-hydroxylation sites is 3. The molecule has 0 heterocycles. The van der Waals surface area contributed by atoms with Crippen molar-refractivity contribution < 1.29 is 24.6 Å². The quantitative estimate of drug-likeness (QED) is 0.248. The fourth-order valence-electron chi connectivity index (χ4n) is 4.58. The monoisotopic (exact) mass is 652 g/mol. The molecule has 39 heavy (non-hydrogen) atoms. The topological polar surface area (TPSA) is 27.7 Å². The van der Waals surface area contributed by atoms with Crippen LogP contribution in [0.5, 0.6) is 17.2 Å². The first-order valence-corrected chi connectivity index (χ1v) is 21.8. The molecule has 3 nitrogen and oxygen atoms in total. The van der Waals surface area contributed by atoms with Gasteiger partial charge in [0.25, 0.3) is 0 Å². The fraction of sp³-hybridized carbons (Fsp3) is 0.455. The van der Waals surface area contributed by atoms with E-state index in [4.69, 9.17) is 28.1 Å². The zero-order valence-electron chi connectivity index (χ0n) is 25.6. The number of aryl methyl sites for hydroxylation is 3. The summed E-state index contributed by atoms with van der Waals surface area (Å²) < 4.78 is 20.5. The van der Waals surface area contributed by atoms with Gasteiger partial charge >= 0.3 is 248 Å². The standard InChI is InChI=1S/3C11H16O.2ClH.Nb/c3*1-8-6-5-7-9(10(8)12)11(2,3)4;;;/h3*5-7,12H,1-4H3;2*1H;/q;;;;;+5/p-5. The van der Waals surface area contributed by atoms with E-state index in [0.29, 0.717) is 17.2 Å². The molecule has 0 saturated heterocycles. The van der Waals surface area contributed by atoms with E-state index in [2.05, 4.69) is 62.3 Å². The third-order valence-corrected chi connectivity index (χ3v) is 12.7. The molecule has 0 aromatic heterocycles. The Bertz CT molecular complexity index is 1190. The number of rotatable bonds is 6. The molecule has 0 radical (unpaired) electrons. The molecule has 0 spiro atoms. The second kappa shape index (κ2) is 10.7. The molecule has 0 aliphatic carbocycles. The first kappa shape index (κ1) is 31.9. The molecule has 3 aromatic rings. The third-order valence-electron chi connectivity index (χ3n) is 6.76. The molecule has 3 rings (SSSR count). The predicted molar refractivity (Wildman–Crippen MR) is 163 cm³/mol. The van der Waals surface area contributed by atoms with E-state index >= 15 is 0 Å². The summed E-state index contributed by atoms with van der Waals surface area (Å²) in [5, 5.41) is 0. The summed E-state index contributed by atoms with van der Waals surface area (Å²) in [6, 6.07) is 18.2. The van der Waals surface area contributed by atoms with E-state index in [1.807, 2.05) is 75.4 Å². The Hall–Kier alpha value is -1.62. The molecule has 0 aliphatic heterocycles. The van der Waals surface area contributed by atoms with Gasteiger partial charge in [-0.25, -0.2) is 0 Å². The summed E-state index contributed by atoms with van der Waals surface area (Å²) in [5.74, 6) is 1.82. The molecule has 0 fully saturated rings. The van der Waals surface area contributed by atoms with Crippen LogP contribution in [0.15, 0.2) is 54.6 Å². The van der Waals surface area contributed by atoms with Gasteiger partial charge in [-0.05, 0) is 0 Å². The van der Waals surface area contributed by atoms with Gasteiger partial charge in [0.1, 0.15) is 0 Å². The van der Waals surface area contributed by atoms with Crippen LogP contribution < -0.4 is 9.73 Å². The molecule has 0 saturated carbocycles. The maximum absolute atomic E-state index is 7.58. The van der Waals surface area contributed by atoms with Crippen molar-refractivity contribution in [1.29, 1.82) is 0 Å². The Labute approximate surface area is 246 Å². The van der Waals surface area contributed by atoms with Crippen LogP contribution in [0.2, 0.25) is 0 Å². The average Bonchev–Trinajstić information content (AvgIpc) is 2.75. The van der Waals surface area contributed by atoms with Gasteiger partial charge in [-0.2, -0.15) is 0 Å². The van der Waals surface area contributed by atoms with E-state index in [9.17, 15) is 0 Å². The van der Waals surface area contributed by atoms with Gasteiger partial charge in [-0.3, -0.25) is 0 Å². The van der Waals surface area contributed by atoms with Gasteiger partial charge in [0, 0.05) is 0 Å². The van der Waals surface area contributed by atoms with E-state index in [-0.39, 0.29) is 16.2 Å². The van der Waals surface area contributed by atoms with Gasteiger partial charge in [-0.15, -0.1) is 0 Å². The SMILES string of the molecule is Cc1cccc(C(C)(C)C)c1[O][Nb]([Cl])([Cl])([O]c1c(C)cccc1C(C)(C)C)[O]c1c(C)cccc1C(C)(C)C. The molecule has 3 aromatic carbocycles. The normalized spacial score (nSPS) is 13.9. The number of hydrogen-bond acceptors (Lipinski definition) is 3. The minimum absolute atomic E-state index is 0.227. The summed E-state index contributed by atoms with van der Waals surface area (Å²) in [5.41, 5.74) is 5.00. The Balaban J connectivity index is 2.34. The van der Waals surface area contributed by atoms with Crippen LogP contribution in [-0.2, 0) is 31.1 Å². The molecule has 0 amide bonds. The van der Waals surface area contributed by atoms with Crippen LogP contribution >= 0.6 is 18.4 Å². The van der Waals surface area contributed by atoms with Crippen molar-refractivity contribution in [2.24, 2.45) is 0 Å². The molecular formula is C33H45Cl2NbO3. The number of halogens is 2. The molecule has 6 heteroatoms. The van der Waals surface area contributed by atoms with Crippen LogP contribution in [-0.4, -0.2) is 0 Å². The summed E-state index contributed by atoms with van der Waals surface area (Å²) in [7, 11) is 15.2. The van der Waals surface area contributed by atoms with Gasteiger partial charge < -0.3 is 0 Å². The molecule has 0 N–H and O–H groups in total. The van der Waals surface area contributed by atoms with Crippen molar-refractivity contribution in [3.8, 4) is 17.2 Å². The first-order valence-electron chi connectivity index (χ1n) is 13.5. The second-order valence-electron chi connectivity index (χ2n) is 13.6. The summed E-state index contributed by atoms with van der Waals surface area (Å²) in [6.07, 6.45) is 0. The van der Waals surface area contributed by atoms with Crippen molar-refractivity contribution >= 4 is 18.4 Å². The second-order valence-corrected chi connectivity index (χ2v) is 26.3. The molecular weight excluding hydrogens is 608 g/mol. The Morgan fingerprint density at radius 3 is 0.897 bits per heavy atom. The number of hydrogen-bond donors (Lipinski definition) is 0. The third kappa shape index (κ3) is 7.37. The molecule has 0 bridgehead atoms. The number of benzene rings is 3. The molecule has 0 unspecified atom stereocenters. The van der Waals surface area contributed by atoms with E-state index in [1.165, 1.54) is 0 Å². The Morgan fingerprint density at radius 1 is 0.462 bits per heavy atom. The molecule has 214 valence electrons. The fourth-order valence-corrected chi connectivity index (χ4v) is 11.2. The van der Waals surface area contributed by atoms with Crippen molar-refractivity contribution in [3.63, 3.8) is 0 Å². The summed E-state index contributed by atoms with van der Waals surface area (Å²) >= 11 is -6.04. The van der Waals surface area contributed by atoms with Crippen LogP contribution in [0.3, 0.4) is 0 Å². The Morgan fingerprint density at radius 2 is 0.692 bits per heavy atom. The van der Waals surface area contributed by atoms with Gasteiger partial charge in [-0.1, -0.05) is 0 Å². The predicted octanol–water partition coefficient (Wildman–Crippen LogP) is 10.8. The van der Waals surface area contributed by atoms with Crippen molar-refractivity contribution in [2.75, 3.05) is 0 Å². The van der Waals surface area contributed by atoms with Crippen LogP contribution in [0.4, 0.5) is 0 Å². The van der Waals surface area contributed by atoms with Gasteiger partial charge in [0.15, 0.2) is 0 Å². The minimum atomic E-state index is -6.04. The van der Waals surface area contributed by atoms with Crippen LogP contribution in [0.25, 0.3) is 0 Å². The average molecular weight is 654 g/mol. The van der Waals surface area contributed by atoms with Gasteiger partial charge in [0.05, 0.1) is 0 Å².